The molecule has 1 amide bonds. The van der Waals surface area contributed by atoms with Gasteiger partial charge in [0, 0.05) is 22.8 Å². The van der Waals surface area contributed by atoms with Crippen LogP contribution in [0.15, 0.2) is 59.0 Å². The van der Waals surface area contributed by atoms with Gasteiger partial charge in [-0.1, -0.05) is 34.8 Å². The molecule has 4 rings (SSSR count). The molecule has 1 heterocycles. The molecule has 7 nitrogen and oxygen atoms in total. The first-order chi connectivity index (χ1) is 14.3. The Kier molecular flexibility index (Phi) is 5.34. The minimum absolute atomic E-state index is 0.0288. The van der Waals surface area contributed by atoms with Gasteiger partial charge in [0.15, 0.2) is 5.58 Å². The highest BCUT2D eigenvalue weighted by Crippen LogP contribution is 2.33. The third-order valence-corrected chi connectivity index (χ3v) is 5.10. The lowest BCUT2D eigenvalue weighted by Gasteiger charge is -2.09. The average molecular weight is 463 g/mol. The maximum atomic E-state index is 12.6. The van der Waals surface area contributed by atoms with E-state index >= 15 is 0 Å². The maximum Gasteiger partial charge on any atom is 0.270 e. The first-order valence-electron chi connectivity index (χ1n) is 8.43. The molecule has 150 valence electrons. The topological polar surface area (TPSA) is 98.3 Å². The average Bonchev–Trinajstić information content (AvgIpc) is 3.12. The molecule has 0 aliphatic heterocycles. The normalized spacial score (nSPS) is 10.9. The third-order valence-electron chi connectivity index (χ3n) is 4.21. The molecule has 0 aliphatic rings. The van der Waals surface area contributed by atoms with Crippen LogP contribution < -0.4 is 5.32 Å². The highest BCUT2D eigenvalue weighted by atomic mass is 35.5. The number of anilines is 1. The molecule has 30 heavy (non-hydrogen) atoms. The predicted molar refractivity (Wildman–Crippen MR) is 116 cm³/mol. The van der Waals surface area contributed by atoms with Crippen LogP contribution in [-0.2, 0) is 0 Å². The second-order valence-electron chi connectivity index (χ2n) is 6.20. The van der Waals surface area contributed by atoms with Crippen molar-refractivity contribution in [1.82, 2.24) is 4.98 Å². The van der Waals surface area contributed by atoms with Crippen LogP contribution in [0, 0.1) is 10.1 Å². The summed E-state index contributed by atoms with van der Waals surface area (Å²) in [5.74, 6) is -0.358. The van der Waals surface area contributed by atoms with Crippen molar-refractivity contribution in [2.75, 3.05) is 5.32 Å². The number of benzene rings is 3. The van der Waals surface area contributed by atoms with Crippen molar-refractivity contribution in [3.05, 3.63) is 85.3 Å². The van der Waals surface area contributed by atoms with Gasteiger partial charge in [0.2, 0.25) is 5.89 Å². The highest BCUT2D eigenvalue weighted by Gasteiger charge is 2.18. The number of carbonyl (C=O) groups is 1. The van der Waals surface area contributed by atoms with Crippen LogP contribution in [0.25, 0.3) is 22.6 Å². The standard InChI is InChI=1S/C20H10Cl3N3O4/c21-10-1-6-18-17(7-10)25-20(30-18)14-8-11(2-4-16(14)23)24-19(27)13-9-12(26(28)29)3-5-15(13)22/h1-9H,(H,24,27). The number of amides is 1. The van der Waals surface area contributed by atoms with Crippen molar-refractivity contribution in [3.63, 3.8) is 0 Å². The van der Waals surface area contributed by atoms with Gasteiger partial charge in [0.1, 0.15) is 5.52 Å². The number of oxazole rings is 1. The zero-order valence-corrected chi connectivity index (χ0v) is 17.1. The van der Waals surface area contributed by atoms with Gasteiger partial charge in [-0.05, 0) is 42.5 Å². The summed E-state index contributed by atoms with van der Waals surface area (Å²) in [6.45, 7) is 0. The number of fused-ring (bicyclic) bond motifs is 1. The summed E-state index contributed by atoms with van der Waals surface area (Å²) in [4.78, 5) is 27.4. The first kappa shape index (κ1) is 20.2. The van der Waals surface area contributed by atoms with E-state index in [2.05, 4.69) is 10.3 Å². The molecule has 0 unspecified atom stereocenters. The van der Waals surface area contributed by atoms with E-state index in [0.717, 1.165) is 6.07 Å². The molecule has 4 aromatic rings. The largest absolute Gasteiger partial charge is 0.436 e. The molecule has 0 radical (unpaired) electrons. The van der Waals surface area contributed by atoms with Gasteiger partial charge >= 0.3 is 0 Å². The summed E-state index contributed by atoms with van der Waals surface area (Å²) in [6, 6.07) is 13.4. The van der Waals surface area contributed by atoms with Crippen LogP contribution in [0.4, 0.5) is 11.4 Å². The minimum atomic E-state index is -0.610. The number of hydrogen-bond donors (Lipinski definition) is 1. The quantitative estimate of drug-likeness (QED) is 0.271. The summed E-state index contributed by atoms with van der Waals surface area (Å²) >= 11 is 18.3. The zero-order chi connectivity index (χ0) is 21.4. The van der Waals surface area contributed by atoms with Crippen molar-refractivity contribution >= 4 is 63.2 Å². The molecule has 0 aliphatic carbocycles. The van der Waals surface area contributed by atoms with Gasteiger partial charge in [-0.15, -0.1) is 0 Å². The molecular formula is C20H10Cl3N3O4. The van der Waals surface area contributed by atoms with Crippen LogP contribution >= 0.6 is 34.8 Å². The summed E-state index contributed by atoms with van der Waals surface area (Å²) in [7, 11) is 0. The monoisotopic (exact) mass is 461 g/mol. The van der Waals surface area contributed by atoms with E-state index in [0.29, 0.717) is 32.4 Å². The van der Waals surface area contributed by atoms with Gasteiger partial charge in [-0.25, -0.2) is 4.98 Å². The lowest BCUT2D eigenvalue weighted by molar-refractivity contribution is -0.384. The number of carbonyl (C=O) groups excluding carboxylic acids is 1. The van der Waals surface area contributed by atoms with Crippen LogP contribution in [0.3, 0.4) is 0 Å². The van der Waals surface area contributed by atoms with Crippen LogP contribution in [0.1, 0.15) is 10.4 Å². The minimum Gasteiger partial charge on any atom is -0.436 e. The van der Waals surface area contributed by atoms with Gasteiger partial charge in [0.25, 0.3) is 11.6 Å². The van der Waals surface area contributed by atoms with Gasteiger partial charge in [-0.2, -0.15) is 0 Å². The molecule has 0 atom stereocenters. The second kappa shape index (κ2) is 7.95. The Hall–Kier alpha value is -3.13. The molecule has 0 saturated carbocycles. The van der Waals surface area contributed by atoms with Crippen LogP contribution in [0.2, 0.25) is 15.1 Å². The molecule has 3 aromatic carbocycles. The summed E-state index contributed by atoms with van der Waals surface area (Å²) in [5, 5.41) is 14.6. The second-order valence-corrected chi connectivity index (χ2v) is 7.45. The van der Waals surface area contributed by atoms with E-state index in [4.69, 9.17) is 39.2 Å². The van der Waals surface area contributed by atoms with Crippen molar-refractivity contribution in [2.45, 2.75) is 0 Å². The summed E-state index contributed by atoms with van der Waals surface area (Å²) in [5.41, 5.74) is 1.65. The number of rotatable bonds is 4. The van der Waals surface area contributed by atoms with E-state index in [9.17, 15) is 14.9 Å². The number of nitro benzene ring substituents is 1. The number of nitrogens with one attached hydrogen (secondary N) is 1. The number of nitrogens with zero attached hydrogens (tertiary/aromatic N) is 2. The summed E-state index contributed by atoms with van der Waals surface area (Å²) < 4.78 is 5.73. The third kappa shape index (κ3) is 3.95. The fourth-order valence-electron chi connectivity index (χ4n) is 2.78. The molecular weight excluding hydrogens is 453 g/mol. The Balaban J connectivity index is 1.67. The van der Waals surface area contributed by atoms with Gasteiger partial charge < -0.3 is 9.73 Å². The fourth-order valence-corrected chi connectivity index (χ4v) is 3.35. The van der Waals surface area contributed by atoms with E-state index in [1.54, 1.807) is 36.4 Å². The number of aromatic nitrogens is 1. The Morgan fingerprint density at radius 2 is 1.77 bits per heavy atom. The van der Waals surface area contributed by atoms with E-state index < -0.39 is 10.8 Å². The number of nitro groups is 1. The Labute approximate surface area is 184 Å². The van der Waals surface area contributed by atoms with Crippen molar-refractivity contribution in [2.24, 2.45) is 0 Å². The smallest absolute Gasteiger partial charge is 0.270 e. The molecule has 0 fully saturated rings. The Morgan fingerprint density at radius 1 is 1.00 bits per heavy atom. The highest BCUT2D eigenvalue weighted by molar-refractivity contribution is 6.35. The molecule has 0 bridgehead atoms. The zero-order valence-electron chi connectivity index (χ0n) is 14.9. The predicted octanol–water partition coefficient (Wildman–Crippen LogP) is 6.62. The molecule has 1 N–H and O–H groups in total. The molecule has 0 saturated heterocycles. The maximum absolute atomic E-state index is 12.6. The van der Waals surface area contributed by atoms with Crippen molar-refractivity contribution in [3.8, 4) is 11.5 Å². The molecule has 1 aromatic heterocycles. The van der Waals surface area contributed by atoms with E-state index in [1.807, 2.05) is 0 Å². The van der Waals surface area contributed by atoms with Gasteiger partial charge in [-0.3, -0.25) is 14.9 Å². The van der Waals surface area contributed by atoms with Gasteiger partial charge in [0.05, 0.1) is 26.1 Å². The Bertz CT molecular complexity index is 1320. The fraction of sp³-hybridized carbons (Fsp3) is 0. The Morgan fingerprint density at radius 3 is 2.53 bits per heavy atom. The molecule has 0 spiro atoms. The van der Waals surface area contributed by atoms with Crippen LogP contribution in [0.5, 0.6) is 0 Å². The summed E-state index contributed by atoms with van der Waals surface area (Å²) in [6.07, 6.45) is 0. The first-order valence-corrected chi connectivity index (χ1v) is 9.56. The van der Waals surface area contributed by atoms with E-state index in [-0.39, 0.29) is 22.2 Å². The number of hydrogen-bond acceptors (Lipinski definition) is 5. The SMILES string of the molecule is O=C(Nc1ccc(Cl)c(-c2nc3cc(Cl)ccc3o2)c1)c1cc([N+](=O)[O-])ccc1Cl. The molecule has 10 heteroatoms. The lowest BCUT2D eigenvalue weighted by Crippen LogP contribution is -2.13. The number of non-ortho nitro benzene ring substituents is 1. The van der Waals surface area contributed by atoms with Crippen LogP contribution in [-0.4, -0.2) is 15.8 Å². The van der Waals surface area contributed by atoms with E-state index in [1.165, 1.54) is 12.1 Å². The van der Waals surface area contributed by atoms with Crippen molar-refractivity contribution < 1.29 is 14.1 Å². The van der Waals surface area contributed by atoms with Crippen molar-refractivity contribution in [1.29, 1.82) is 0 Å². The lowest BCUT2D eigenvalue weighted by atomic mass is 10.1. The number of halogens is 3.